The van der Waals surface area contributed by atoms with Crippen molar-refractivity contribution in [3.05, 3.63) is 24.0 Å². The van der Waals surface area contributed by atoms with Crippen LogP contribution in [0, 0.1) is 11.8 Å². The second-order valence-corrected chi connectivity index (χ2v) is 5.91. The lowest BCUT2D eigenvalue weighted by Gasteiger charge is -2.41. The van der Waals surface area contributed by atoms with Crippen LogP contribution in [0.2, 0.25) is 0 Å². The summed E-state index contributed by atoms with van der Waals surface area (Å²) < 4.78 is 0. The zero-order valence-corrected chi connectivity index (χ0v) is 11.0. The minimum atomic E-state index is 0.826. The summed E-state index contributed by atoms with van der Waals surface area (Å²) in [5.41, 5.74) is 7.75. The Labute approximate surface area is 109 Å². The molecule has 1 saturated heterocycles. The third-order valence-electron chi connectivity index (χ3n) is 4.60. The lowest BCUT2D eigenvalue weighted by Crippen LogP contribution is -2.41. The highest BCUT2D eigenvalue weighted by molar-refractivity contribution is 5.37. The molecule has 0 aromatic carbocycles. The van der Waals surface area contributed by atoms with E-state index in [2.05, 4.69) is 9.88 Å². The van der Waals surface area contributed by atoms with Gasteiger partial charge in [0.2, 0.25) is 0 Å². The van der Waals surface area contributed by atoms with E-state index in [1.54, 1.807) is 0 Å². The molecule has 18 heavy (non-hydrogen) atoms. The van der Waals surface area contributed by atoms with Crippen LogP contribution >= 0.6 is 0 Å². The summed E-state index contributed by atoms with van der Waals surface area (Å²) in [7, 11) is 0. The molecule has 1 aromatic heterocycles. The molecule has 3 heteroatoms. The minimum absolute atomic E-state index is 0.826. The quantitative estimate of drug-likeness (QED) is 0.871. The molecule has 1 aliphatic carbocycles. The van der Waals surface area contributed by atoms with Crippen LogP contribution in [0.4, 0.5) is 5.69 Å². The van der Waals surface area contributed by atoms with Crippen LogP contribution in [0.15, 0.2) is 18.3 Å². The van der Waals surface area contributed by atoms with Gasteiger partial charge >= 0.3 is 0 Å². The fraction of sp³-hybridized carbons (Fsp3) is 0.667. The Hall–Kier alpha value is -1.09. The molecule has 98 valence electrons. The van der Waals surface area contributed by atoms with Gasteiger partial charge < -0.3 is 5.73 Å². The predicted octanol–water partition coefficient (Wildman–Crippen LogP) is 2.68. The average Bonchev–Trinajstić information content (AvgIpc) is 2.39. The van der Waals surface area contributed by atoms with E-state index in [-0.39, 0.29) is 0 Å². The maximum absolute atomic E-state index is 5.81. The van der Waals surface area contributed by atoms with Crippen molar-refractivity contribution in [2.75, 3.05) is 18.8 Å². The molecule has 0 bridgehead atoms. The Morgan fingerprint density at radius 2 is 2.06 bits per heavy atom. The Morgan fingerprint density at radius 1 is 1.22 bits per heavy atom. The van der Waals surface area contributed by atoms with Crippen molar-refractivity contribution < 1.29 is 0 Å². The second kappa shape index (κ2) is 5.27. The zero-order chi connectivity index (χ0) is 12.4. The lowest BCUT2D eigenvalue weighted by atomic mass is 9.75. The van der Waals surface area contributed by atoms with E-state index >= 15 is 0 Å². The van der Waals surface area contributed by atoms with Crippen molar-refractivity contribution in [2.45, 2.75) is 38.6 Å². The number of anilines is 1. The average molecular weight is 245 g/mol. The summed E-state index contributed by atoms with van der Waals surface area (Å²) in [4.78, 5) is 6.98. The van der Waals surface area contributed by atoms with Crippen LogP contribution in [0.25, 0.3) is 0 Å². The molecule has 2 unspecified atom stereocenters. The molecule has 3 nitrogen and oxygen atoms in total. The molecule has 3 rings (SSSR count). The molecule has 1 aliphatic heterocycles. The van der Waals surface area contributed by atoms with E-state index < -0.39 is 0 Å². The number of pyridine rings is 1. The van der Waals surface area contributed by atoms with E-state index in [9.17, 15) is 0 Å². The third kappa shape index (κ3) is 2.66. The van der Waals surface area contributed by atoms with E-state index in [0.717, 1.165) is 29.8 Å². The number of nitrogens with zero attached hydrogens (tertiary/aromatic N) is 2. The van der Waals surface area contributed by atoms with Gasteiger partial charge in [0.05, 0.1) is 5.69 Å². The minimum Gasteiger partial charge on any atom is -0.399 e. The van der Waals surface area contributed by atoms with Gasteiger partial charge in [0.15, 0.2) is 0 Å². The van der Waals surface area contributed by atoms with Crippen LogP contribution in [0.1, 0.15) is 37.8 Å². The molecule has 2 aliphatic rings. The molecular weight excluding hydrogens is 222 g/mol. The first-order valence-corrected chi connectivity index (χ1v) is 7.24. The number of nitrogens with two attached hydrogens (primary N) is 1. The smallest absolute Gasteiger partial charge is 0.0564 e. The summed E-state index contributed by atoms with van der Waals surface area (Å²) in [5, 5.41) is 0. The molecule has 2 heterocycles. The van der Waals surface area contributed by atoms with Crippen LogP contribution in [0.3, 0.4) is 0 Å². The fourth-order valence-corrected chi connectivity index (χ4v) is 3.63. The van der Waals surface area contributed by atoms with Crippen molar-refractivity contribution in [2.24, 2.45) is 11.8 Å². The number of rotatable bonds is 2. The summed E-state index contributed by atoms with van der Waals surface area (Å²) in [6.07, 6.45) is 9.00. The molecule has 1 aromatic rings. The largest absolute Gasteiger partial charge is 0.399 e. The maximum atomic E-state index is 5.81. The number of piperidine rings is 1. The van der Waals surface area contributed by atoms with E-state index in [4.69, 9.17) is 5.73 Å². The summed E-state index contributed by atoms with van der Waals surface area (Å²) in [6.45, 7) is 3.47. The fourth-order valence-electron chi connectivity index (χ4n) is 3.63. The van der Waals surface area contributed by atoms with Gasteiger partial charge in [-0.05, 0) is 43.4 Å². The Kier molecular flexibility index (Phi) is 3.50. The van der Waals surface area contributed by atoms with Crippen LogP contribution in [-0.2, 0) is 6.54 Å². The topological polar surface area (TPSA) is 42.1 Å². The number of nitrogen functional groups attached to an aromatic ring is 1. The van der Waals surface area contributed by atoms with Crippen molar-refractivity contribution in [3.63, 3.8) is 0 Å². The van der Waals surface area contributed by atoms with Crippen molar-refractivity contribution in [3.8, 4) is 0 Å². The van der Waals surface area contributed by atoms with Gasteiger partial charge in [-0.25, -0.2) is 0 Å². The Bertz CT molecular complexity index is 404. The number of hydrogen-bond acceptors (Lipinski definition) is 3. The summed E-state index contributed by atoms with van der Waals surface area (Å²) in [5.74, 6) is 1.94. The van der Waals surface area contributed by atoms with Crippen molar-refractivity contribution >= 4 is 5.69 Å². The van der Waals surface area contributed by atoms with Gasteiger partial charge in [0.25, 0.3) is 0 Å². The van der Waals surface area contributed by atoms with Gasteiger partial charge in [0, 0.05) is 25.0 Å². The monoisotopic (exact) mass is 245 g/mol. The van der Waals surface area contributed by atoms with Gasteiger partial charge in [-0.2, -0.15) is 0 Å². The SMILES string of the molecule is Nc1ccnc(CN2CCC3CCCCC3C2)c1. The molecule has 0 radical (unpaired) electrons. The van der Waals surface area contributed by atoms with Crippen molar-refractivity contribution in [1.82, 2.24) is 9.88 Å². The van der Waals surface area contributed by atoms with Gasteiger partial charge in [-0.1, -0.05) is 19.3 Å². The van der Waals surface area contributed by atoms with Gasteiger partial charge in [-0.15, -0.1) is 0 Å². The molecule has 0 amide bonds. The van der Waals surface area contributed by atoms with Crippen LogP contribution in [-0.4, -0.2) is 23.0 Å². The van der Waals surface area contributed by atoms with Crippen LogP contribution in [0.5, 0.6) is 0 Å². The summed E-state index contributed by atoms with van der Waals surface area (Å²) in [6, 6.07) is 3.86. The highest BCUT2D eigenvalue weighted by atomic mass is 15.1. The van der Waals surface area contributed by atoms with Crippen molar-refractivity contribution in [1.29, 1.82) is 0 Å². The Balaban J connectivity index is 1.61. The maximum Gasteiger partial charge on any atom is 0.0564 e. The standard InChI is InChI=1S/C15H23N3/c16-14-5-7-17-15(9-14)11-18-8-6-12-3-1-2-4-13(12)10-18/h5,7,9,12-13H,1-4,6,8,10-11H2,(H2,16,17). The number of fused-ring (bicyclic) bond motifs is 1. The van der Waals surface area contributed by atoms with E-state index in [1.165, 1.54) is 45.2 Å². The molecule has 0 spiro atoms. The molecule has 2 atom stereocenters. The van der Waals surface area contributed by atoms with E-state index in [1.807, 2.05) is 18.3 Å². The molecule has 2 N–H and O–H groups in total. The molecule has 1 saturated carbocycles. The number of hydrogen-bond donors (Lipinski definition) is 1. The highest BCUT2D eigenvalue weighted by Crippen LogP contribution is 2.36. The third-order valence-corrected chi connectivity index (χ3v) is 4.60. The zero-order valence-electron chi connectivity index (χ0n) is 11.0. The number of aromatic nitrogens is 1. The first-order valence-electron chi connectivity index (χ1n) is 7.24. The Morgan fingerprint density at radius 3 is 2.89 bits per heavy atom. The van der Waals surface area contributed by atoms with Gasteiger partial charge in [0.1, 0.15) is 0 Å². The highest BCUT2D eigenvalue weighted by Gasteiger charge is 2.30. The molecule has 2 fully saturated rings. The van der Waals surface area contributed by atoms with Crippen LogP contribution < -0.4 is 5.73 Å². The lowest BCUT2D eigenvalue weighted by molar-refractivity contribution is 0.0812. The van der Waals surface area contributed by atoms with Gasteiger partial charge in [-0.3, -0.25) is 9.88 Å². The normalized spacial score (nSPS) is 28.9. The number of likely N-dealkylation sites (tertiary alicyclic amines) is 1. The first-order chi connectivity index (χ1) is 8.81. The van der Waals surface area contributed by atoms with E-state index in [0.29, 0.717) is 0 Å². The predicted molar refractivity (Wildman–Crippen MR) is 74.0 cm³/mol. The summed E-state index contributed by atoms with van der Waals surface area (Å²) >= 11 is 0. The molecular formula is C15H23N3. The first kappa shape index (κ1) is 12.0. The second-order valence-electron chi connectivity index (χ2n) is 5.91.